The number of rotatable bonds is 2. The van der Waals surface area contributed by atoms with Gasteiger partial charge in [-0.2, -0.15) is 0 Å². The Kier molecular flexibility index (Phi) is 8.82. The Balaban J connectivity index is 0.00000139. The summed E-state index contributed by atoms with van der Waals surface area (Å²) in [6.45, 7) is 7.57. The second-order valence-electron chi connectivity index (χ2n) is 5.01. The third-order valence-corrected chi connectivity index (χ3v) is 4.08. The summed E-state index contributed by atoms with van der Waals surface area (Å²) in [6.07, 6.45) is 1.26. The van der Waals surface area contributed by atoms with Gasteiger partial charge in [-0.05, 0) is 29.7 Å². The SMILES string of the molecule is CC.CCC(=O)NNC(=S)C(=O)Nc1ccc2c(c1)CCN(P)C2. The van der Waals surface area contributed by atoms with Crippen LogP contribution < -0.4 is 16.2 Å². The van der Waals surface area contributed by atoms with Gasteiger partial charge >= 0.3 is 0 Å². The fourth-order valence-corrected chi connectivity index (χ4v) is 2.54. The molecule has 0 bridgehead atoms. The van der Waals surface area contributed by atoms with Crippen LogP contribution in [0.3, 0.4) is 0 Å². The smallest absolute Gasteiger partial charge is 0.284 e. The van der Waals surface area contributed by atoms with Gasteiger partial charge < -0.3 is 5.32 Å². The first-order valence-electron chi connectivity index (χ1n) is 8.01. The molecule has 0 spiro atoms. The average Bonchev–Trinajstić information content (AvgIpc) is 2.61. The number of hydrogen-bond acceptors (Lipinski definition) is 4. The van der Waals surface area contributed by atoms with Crippen molar-refractivity contribution in [2.45, 2.75) is 40.2 Å². The van der Waals surface area contributed by atoms with Crippen LogP contribution in [0.1, 0.15) is 38.3 Å². The van der Waals surface area contributed by atoms with Crippen molar-refractivity contribution in [3.8, 4) is 0 Å². The second kappa shape index (κ2) is 10.3. The van der Waals surface area contributed by atoms with Crippen LogP contribution in [0.2, 0.25) is 0 Å². The van der Waals surface area contributed by atoms with Gasteiger partial charge in [0.1, 0.15) is 0 Å². The first kappa shape index (κ1) is 20.5. The van der Waals surface area contributed by atoms with Gasteiger partial charge in [-0.3, -0.25) is 25.1 Å². The van der Waals surface area contributed by atoms with Gasteiger partial charge in [-0.15, -0.1) is 0 Å². The third-order valence-electron chi connectivity index (χ3n) is 3.35. The Morgan fingerprint density at radius 3 is 2.62 bits per heavy atom. The molecule has 0 saturated carbocycles. The van der Waals surface area contributed by atoms with Crippen molar-refractivity contribution < 1.29 is 9.59 Å². The highest BCUT2D eigenvalue weighted by molar-refractivity contribution is 7.82. The van der Waals surface area contributed by atoms with E-state index in [1.807, 2.05) is 32.0 Å². The van der Waals surface area contributed by atoms with E-state index in [9.17, 15) is 9.59 Å². The summed E-state index contributed by atoms with van der Waals surface area (Å²) in [7, 11) is 2.71. The zero-order valence-corrected chi connectivity index (χ0v) is 16.3. The molecule has 1 heterocycles. The van der Waals surface area contributed by atoms with Crippen LogP contribution in [0, 0.1) is 0 Å². The van der Waals surface area contributed by atoms with Gasteiger partial charge in [0.2, 0.25) is 5.91 Å². The highest BCUT2D eigenvalue weighted by Crippen LogP contribution is 2.24. The Morgan fingerprint density at radius 2 is 1.96 bits per heavy atom. The number of carbonyl (C=O) groups is 2. The van der Waals surface area contributed by atoms with Gasteiger partial charge in [-0.25, -0.2) is 0 Å². The third kappa shape index (κ3) is 6.15. The molecule has 1 aliphatic rings. The molecule has 0 radical (unpaired) electrons. The monoisotopic (exact) mass is 368 g/mol. The largest absolute Gasteiger partial charge is 0.320 e. The maximum absolute atomic E-state index is 12.0. The lowest BCUT2D eigenvalue weighted by atomic mass is 10.0. The Bertz CT molecular complexity index is 610. The highest BCUT2D eigenvalue weighted by Gasteiger charge is 2.15. The lowest BCUT2D eigenvalue weighted by Gasteiger charge is -2.25. The molecule has 0 aromatic heterocycles. The summed E-state index contributed by atoms with van der Waals surface area (Å²) in [5.74, 6) is -0.680. The molecular weight excluding hydrogens is 343 g/mol. The maximum atomic E-state index is 12.0. The first-order chi connectivity index (χ1) is 11.5. The van der Waals surface area contributed by atoms with Crippen LogP contribution >= 0.6 is 21.6 Å². The van der Waals surface area contributed by atoms with Crippen LogP contribution in [0.25, 0.3) is 0 Å². The summed E-state index contributed by atoms with van der Waals surface area (Å²) in [5, 5.41) is 2.73. The zero-order valence-electron chi connectivity index (χ0n) is 14.3. The predicted molar refractivity (Wildman–Crippen MR) is 104 cm³/mol. The minimum Gasteiger partial charge on any atom is -0.320 e. The molecule has 2 amide bonds. The first-order valence-corrected chi connectivity index (χ1v) is 8.93. The summed E-state index contributed by atoms with van der Waals surface area (Å²) >= 11 is 4.93. The number of nitrogens with one attached hydrogen (secondary N) is 3. The maximum Gasteiger partial charge on any atom is 0.284 e. The normalized spacial score (nSPS) is 13.0. The number of amides is 2. The Hall–Kier alpha value is -1.56. The molecular formula is C16H25N4O2PS. The standard InChI is InChI=1S/C14H19N4O2PS.C2H6/c1-2-12(19)16-17-14(22)13(20)15-11-4-3-10-8-18(21)6-5-9(10)7-11;1-2/h3-4,7H,2,5-6,8,21H2,1H3,(H,15,20)(H,16,19)(H,17,22);1-2H3. The van der Waals surface area contributed by atoms with Gasteiger partial charge in [0.05, 0.1) is 0 Å². The van der Waals surface area contributed by atoms with E-state index in [1.165, 1.54) is 11.1 Å². The van der Waals surface area contributed by atoms with Crippen molar-refractivity contribution >= 4 is 44.1 Å². The summed E-state index contributed by atoms with van der Waals surface area (Å²) in [6, 6.07) is 5.84. The van der Waals surface area contributed by atoms with Crippen LogP contribution in [0.15, 0.2) is 18.2 Å². The number of thiocarbonyl (C=S) groups is 1. The zero-order chi connectivity index (χ0) is 18.1. The van der Waals surface area contributed by atoms with Crippen molar-refractivity contribution in [1.82, 2.24) is 15.5 Å². The molecule has 3 N–H and O–H groups in total. The molecule has 132 valence electrons. The van der Waals surface area contributed by atoms with Crippen molar-refractivity contribution in [1.29, 1.82) is 0 Å². The number of nitrogens with zero attached hydrogens (tertiary/aromatic N) is 1. The van der Waals surface area contributed by atoms with Gasteiger partial charge in [-0.1, -0.05) is 48.4 Å². The minimum absolute atomic E-state index is 0.0735. The molecule has 0 fully saturated rings. The fourth-order valence-electron chi connectivity index (χ4n) is 2.11. The second-order valence-corrected chi connectivity index (χ2v) is 6.15. The topological polar surface area (TPSA) is 73.5 Å². The van der Waals surface area contributed by atoms with Crippen molar-refractivity contribution in [2.75, 3.05) is 11.9 Å². The number of fused-ring (bicyclic) bond motifs is 1. The van der Waals surface area contributed by atoms with Crippen LogP contribution in [-0.4, -0.2) is 28.0 Å². The number of benzene rings is 1. The molecule has 24 heavy (non-hydrogen) atoms. The van der Waals surface area contributed by atoms with Gasteiger partial charge in [0.15, 0.2) is 4.99 Å². The quantitative estimate of drug-likeness (QED) is 0.424. The molecule has 2 rings (SSSR count). The predicted octanol–water partition coefficient (Wildman–Crippen LogP) is 2.16. The highest BCUT2D eigenvalue weighted by atomic mass is 32.1. The van der Waals surface area contributed by atoms with Gasteiger partial charge in [0, 0.05) is 25.2 Å². The Labute approximate surface area is 151 Å². The number of hydrazine groups is 1. The summed E-state index contributed by atoms with van der Waals surface area (Å²) in [4.78, 5) is 23.0. The fraction of sp³-hybridized carbons (Fsp3) is 0.438. The molecule has 6 nitrogen and oxygen atoms in total. The molecule has 1 aromatic carbocycles. The summed E-state index contributed by atoms with van der Waals surface area (Å²) < 4.78 is 2.18. The van der Waals surface area contributed by atoms with Crippen molar-refractivity contribution in [2.24, 2.45) is 0 Å². The molecule has 1 aromatic rings. The van der Waals surface area contributed by atoms with Crippen LogP contribution in [0.5, 0.6) is 0 Å². The number of hydrogen-bond donors (Lipinski definition) is 3. The minimum atomic E-state index is -0.449. The van der Waals surface area contributed by atoms with Crippen LogP contribution in [-0.2, 0) is 22.6 Å². The van der Waals surface area contributed by atoms with E-state index < -0.39 is 5.91 Å². The molecule has 1 unspecified atom stereocenters. The van der Waals surface area contributed by atoms with Crippen molar-refractivity contribution in [3.05, 3.63) is 29.3 Å². The number of carbonyl (C=O) groups excluding carboxylic acids is 2. The van der Waals surface area contributed by atoms with E-state index >= 15 is 0 Å². The van der Waals surface area contributed by atoms with Crippen molar-refractivity contribution in [3.63, 3.8) is 0 Å². The van der Waals surface area contributed by atoms with E-state index in [1.54, 1.807) is 6.92 Å². The van der Waals surface area contributed by atoms with E-state index in [2.05, 4.69) is 30.2 Å². The van der Waals surface area contributed by atoms with E-state index in [0.29, 0.717) is 12.1 Å². The average molecular weight is 368 g/mol. The molecule has 0 saturated heterocycles. The molecule has 8 heteroatoms. The number of anilines is 1. The van der Waals surface area contributed by atoms with Gasteiger partial charge in [0.25, 0.3) is 5.91 Å². The Morgan fingerprint density at radius 1 is 1.25 bits per heavy atom. The lowest BCUT2D eigenvalue weighted by molar-refractivity contribution is -0.121. The summed E-state index contributed by atoms with van der Waals surface area (Å²) in [5.41, 5.74) is 7.98. The molecule has 1 aliphatic heterocycles. The molecule has 1 atom stereocenters. The molecule has 0 aliphatic carbocycles. The lowest BCUT2D eigenvalue weighted by Crippen LogP contribution is -2.45. The van der Waals surface area contributed by atoms with E-state index in [4.69, 9.17) is 12.2 Å². The van der Waals surface area contributed by atoms with Crippen LogP contribution in [0.4, 0.5) is 5.69 Å². The van der Waals surface area contributed by atoms with E-state index in [0.717, 1.165) is 19.5 Å². The van der Waals surface area contributed by atoms with E-state index in [-0.39, 0.29) is 10.9 Å².